The summed E-state index contributed by atoms with van der Waals surface area (Å²) in [4.78, 5) is 7.12. The van der Waals surface area contributed by atoms with Crippen LogP contribution in [0.25, 0.3) is 77.5 Å². The summed E-state index contributed by atoms with van der Waals surface area (Å²) >= 11 is 0. The van der Waals surface area contributed by atoms with Gasteiger partial charge in [0.05, 0.1) is 0 Å². The Balaban J connectivity index is 1.02. The Morgan fingerprint density at radius 3 is 1.57 bits per heavy atom. The number of aromatic nitrogens is 1. The summed E-state index contributed by atoms with van der Waals surface area (Å²) in [5, 5.41) is 4.55. The number of rotatable bonds is 7. The third-order valence-corrected chi connectivity index (χ3v) is 10.3. The largest absolute Gasteiger partial charge is 0.435 e. The molecule has 3 heteroatoms. The standard InChI is InChI=1S/C51H34N2O/c1-4-11-35(12-5-1)37-21-26-45(27-22-37)53(46-18-10-17-39(33-46)36-13-6-2-7-14-36)47-28-23-41-31-40(19-20-43(41)34-47)42-24-29-48-44(32-42)25-30-49-50(48)54-51(52-49)38-15-8-3-9-16-38/h1-34H. The molecule has 10 aromatic rings. The second-order valence-corrected chi connectivity index (χ2v) is 13.6. The lowest BCUT2D eigenvalue weighted by Gasteiger charge is -2.26. The van der Waals surface area contributed by atoms with Gasteiger partial charge in [-0.1, -0.05) is 133 Å². The van der Waals surface area contributed by atoms with Gasteiger partial charge in [-0.3, -0.25) is 0 Å². The van der Waals surface area contributed by atoms with Crippen LogP contribution in [0.5, 0.6) is 0 Å². The van der Waals surface area contributed by atoms with Gasteiger partial charge in [-0.15, -0.1) is 0 Å². The second-order valence-electron chi connectivity index (χ2n) is 13.6. The molecule has 1 aromatic heterocycles. The highest BCUT2D eigenvalue weighted by Crippen LogP contribution is 2.40. The zero-order valence-electron chi connectivity index (χ0n) is 29.4. The van der Waals surface area contributed by atoms with Crippen molar-refractivity contribution < 1.29 is 4.42 Å². The van der Waals surface area contributed by atoms with Gasteiger partial charge in [0.1, 0.15) is 5.52 Å². The van der Waals surface area contributed by atoms with Gasteiger partial charge in [-0.2, -0.15) is 0 Å². The fourth-order valence-electron chi connectivity index (χ4n) is 7.49. The lowest BCUT2D eigenvalue weighted by Crippen LogP contribution is -2.10. The van der Waals surface area contributed by atoms with Crippen LogP contribution < -0.4 is 4.90 Å². The third-order valence-electron chi connectivity index (χ3n) is 10.3. The van der Waals surface area contributed by atoms with Gasteiger partial charge in [0.15, 0.2) is 5.58 Å². The van der Waals surface area contributed by atoms with E-state index in [-0.39, 0.29) is 0 Å². The summed E-state index contributed by atoms with van der Waals surface area (Å²) < 4.78 is 6.30. The van der Waals surface area contributed by atoms with Crippen molar-refractivity contribution in [3.05, 3.63) is 206 Å². The molecule has 0 aliphatic heterocycles. The first-order valence-electron chi connectivity index (χ1n) is 18.3. The van der Waals surface area contributed by atoms with Crippen LogP contribution in [0.15, 0.2) is 211 Å². The molecule has 0 amide bonds. The van der Waals surface area contributed by atoms with Gasteiger partial charge in [0.25, 0.3) is 0 Å². The predicted molar refractivity (Wildman–Crippen MR) is 225 cm³/mol. The van der Waals surface area contributed by atoms with Crippen LogP contribution in [-0.2, 0) is 0 Å². The Labute approximate surface area is 314 Å². The SMILES string of the molecule is c1ccc(-c2ccc(N(c3cccc(-c4ccccc4)c3)c3ccc4cc(-c5ccc6c(ccc7nc(-c8ccccc8)oc76)c5)ccc4c3)cc2)cc1. The van der Waals surface area contributed by atoms with Crippen molar-refractivity contribution in [3.8, 4) is 44.8 Å². The van der Waals surface area contributed by atoms with Crippen LogP contribution >= 0.6 is 0 Å². The molecule has 3 nitrogen and oxygen atoms in total. The van der Waals surface area contributed by atoms with E-state index in [9.17, 15) is 0 Å². The summed E-state index contributed by atoms with van der Waals surface area (Å²) in [7, 11) is 0. The lowest BCUT2D eigenvalue weighted by atomic mass is 9.98. The number of fused-ring (bicyclic) bond motifs is 4. The van der Waals surface area contributed by atoms with Gasteiger partial charge < -0.3 is 9.32 Å². The zero-order chi connectivity index (χ0) is 35.8. The number of anilines is 3. The highest BCUT2D eigenvalue weighted by molar-refractivity contribution is 6.05. The van der Waals surface area contributed by atoms with Crippen LogP contribution in [-0.4, -0.2) is 4.98 Å². The van der Waals surface area contributed by atoms with Crippen molar-refractivity contribution in [1.82, 2.24) is 4.98 Å². The number of hydrogen-bond acceptors (Lipinski definition) is 3. The van der Waals surface area contributed by atoms with Crippen molar-refractivity contribution in [2.75, 3.05) is 4.90 Å². The summed E-state index contributed by atoms with van der Waals surface area (Å²) in [6.45, 7) is 0. The molecular weight excluding hydrogens is 657 g/mol. The average Bonchev–Trinajstić information content (AvgIpc) is 3.70. The lowest BCUT2D eigenvalue weighted by molar-refractivity contribution is 0.623. The van der Waals surface area contributed by atoms with Gasteiger partial charge >= 0.3 is 0 Å². The van der Waals surface area contributed by atoms with E-state index in [1.807, 2.05) is 30.3 Å². The van der Waals surface area contributed by atoms with E-state index < -0.39 is 0 Å². The first-order valence-corrected chi connectivity index (χ1v) is 18.3. The summed E-state index contributed by atoms with van der Waals surface area (Å²) in [5.41, 5.74) is 13.1. The maximum atomic E-state index is 6.30. The van der Waals surface area contributed by atoms with E-state index in [4.69, 9.17) is 9.40 Å². The van der Waals surface area contributed by atoms with Crippen LogP contribution in [0.2, 0.25) is 0 Å². The molecule has 10 rings (SSSR count). The molecule has 0 radical (unpaired) electrons. The molecule has 0 unspecified atom stereocenters. The van der Waals surface area contributed by atoms with Crippen LogP contribution in [0.1, 0.15) is 0 Å². The predicted octanol–water partition coefficient (Wildman–Crippen LogP) is 14.3. The average molecular weight is 691 g/mol. The molecule has 0 saturated carbocycles. The highest BCUT2D eigenvalue weighted by Gasteiger charge is 2.16. The third kappa shape index (κ3) is 5.88. The maximum Gasteiger partial charge on any atom is 0.227 e. The van der Waals surface area contributed by atoms with Gasteiger partial charge in [0.2, 0.25) is 5.89 Å². The molecule has 0 N–H and O–H groups in total. The molecule has 54 heavy (non-hydrogen) atoms. The fraction of sp³-hybridized carbons (Fsp3) is 0. The van der Waals surface area contributed by atoms with Crippen molar-refractivity contribution in [2.45, 2.75) is 0 Å². The molecule has 0 spiro atoms. The molecule has 0 bridgehead atoms. The Morgan fingerprint density at radius 2 is 0.833 bits per heavy atom. The van der Waals surface area contributed by atoms with E-state index >= 15 is 0 Å². The number of hydrogen-bond donors (Lipinski definition) is 0. The summed E-state index contributed by atoms with van der Waals surface area (Å²) in [6.07, 6.45) is 0. The maximum absolute atomic E-state index is 6.30. The van der Waals surface area contributed by atoms with E-state index in [1.54, 1.807) is 0 Å². The molecule has 0 fully saturated rings. The molecule has 0 saturated heterocycles. The smallest absolute Gasteiger partial charge is 0.227 e. The molecule has 1 heterocycles. The number of oxazole rings is 1. The number of nitrogens with zero attached hydrogens (tertiary/aromatic N) is 2. The Morgan fingerprint density at radius 1 is 0.333 bits per heavy atom. The van der Waals surface area contributed by atoms with Gasteiger partial charge in [-0.25, -0.2) is 4.98 Å². The zero-order valence-corrected chi connectivity index (χ0v) is 29.4. The normalized spacial score (nSPS) is 11.3. The summed E-state index contributed by atoms with van der Waals surface area (Å²) in [6, 6.07) is 73.1. The van der Waals surface area contributed by atoms with Crippen molar-refractivity contribution >= 4 is 49.7 Å². The fourth-order valence-corrected chi connectivity index (χ4v) is 7.49. The van der Waals surface area contributed by atoms with Crippen molar-refractivity contribution in [2.24, 2.45) is 0 Å². The quantitative estimate of drug-likeness (QED) is 0.167. The van der Waals surface area contributed by atoms with E-state index in [0.29, 0.717) is 5.89 Å². The van der Waals surface area contributed by atoms with E-state index in [0.717, 1.165) is 50.1 Å². The van der Waals surface area contributed by atoms with Crippen molar-refractivity contribution in [3.63, 3.8) is 0 Å². The minimum atomic E-state index is 0.641. The first-order chi connectivity index (χ1) is 26.7. The molecular formula is C51H34N2O. The highest BCUT2D eigenvalue weighted by atomic mass is 16.3. The summed E-state index contributed by atoms with van der Waals surface area (Å²) in [5.74, 6) is 0.641. The molecule has 0 aliphatic carbocycles. The minimum Gasteiger partial charge on any atom is -0.435 e. The van der Waals surface area contributed by atoms with Gasteiger partial charge in [-0.05, 0) is 122 Å². The Bertz CT molecular complexity index is 2920. The monoisotopic (exact) mass is 690 g/mol. The first kappa shape index (κ1) is 31.5. The Hall–Kier alpha value is -7.23. The molecule has 0 atom stereocenters. The van der Waals surface area contributed by atoms with E-state index in [2.05, 4.69) is 181 Å². The van der Waals surface area contributed by atoms with E-state index in [1.165, 1.54) is 38.6 Å². The van der Waals surface area contributed by atoms with Gasteiger partial charge in [0, 0.05) is 28.0 Å². The molecule has 254 valence electrons. The topological polar surface area (TPSA) is 29.3 Å². The molecule has 0 aliphatic rings. The minimum absolute atomic E-state index is 0.641. The Kier molecular flexibility index (Phi) is 7.81. The van der Waals surface area contributed by atoms with Crippen LogP contribution in [0.4, 0.5) is 17.1 Å². The second kappa shape index (κ2) is 13.4. The van der Waals surface area contributed by atoms with Crippen LogP contribution in [0, 0.1) is 0 Å². The number of benzene rings is 9. The van der Waals surface area contributed by atoms with Crippen molar-refractivity contribution in [1.29, 1.82) is 0 Å². The molecule has 9 aromatic carbocycles. The van der Waals surface area contributed by atoms with Crippen LogP contribution in [0.3, 0.4) is 0 Å².